The summed E-state index contributed by atoms with van der Waals surface area (Å²) in [5, 5.41) is 3.15. The second kappa shape index (κ2) is 3.79. The summed E-state index contributed by atoms with van der Waals surface area (Å²) in [7, 11) is 0. The van der Waals surface area contributed by atoms with Crippen LogP contribution in [-0.4, -0.2) is 17.4 Å². The predicted octanol–water partition coefficient (Wildman–Crippen LogP) is 1.41. The van der Waals surface area contributed by atoms with Crippen LogP contribution in [0, 0.1) is 5.41 Å². The molecule has 0 spiro atoms. The number of nitrogens with zero attached hydrogens (tertiary/aromatic N) is 1. The Balaban J connectivity index is 2.10. The monoisotopic (exact) mass is 225 g/mol. The van der Waals surface area contributed by atoms with Gasteiger partial charge in [-0.2, -0.15) is 0 Å². The number of aromatic nitrogens is 1. The predicted molar refractivity (Wildman–Crippen MR) is 58.6 cm³/mol. The van der Waals surface area contributed by atoms with Gasteiger partial charge in [0.1, 0.15) is 0 Å². The molecular weight excluding hydrogens is 214 g/mol. The van der Waals surface area contributed by atoms with Crippen molar-refractivity contribution in [1.82, 2.24) is 4.98 Å². The smallest absolute Gasteiger partial charge is 0.233 e. The zero-order chi connectivity index (χ0) is 10.9. The van der Waals surface area contributed by atoms with Gasteiger partial charge in [-0.1, -0.05) is 11.6 Å². The van der Waals surface area contributed by atoms with Crippen LogP contribution in [0.15, 0.2) is 18.3 Å². The first-order valence-corrected chi connectivity index (χ1v) is 5.18. The SMILES string of the molecule is NCC1(C(=O)Nc2ncccc2Cl)CC1. The number of carbonyl (C=O) groups is 1. The standard InChI is InChI=1S/C10H12ClN3O/c11-7-2-1-5-13-8(7)14-9(15)10(6-12)3-4-10/h1-2,5H,3-4,6,12H2,(H,13,14,15). The fourth-order valence-electron chi connectivity index (χ4n) is 1.39. The molecule has 0 bridgehead atoms. The van der Waals surface area contributed by atoms with E-state index in [1.165, 1.54) is 0 Å². The minimum absolute atomic E-state index is 0.0781. The zero-order valence-corrected chi connectivity index (χ0v) is 8.92. The number of carbonyl (C=O) groups excluding carboxylic acids is 1. The zero-order valence-electron chi connectivity index (χ0n) is 8.16. The molecule has 0 atom stereocenters. The fourth-order valence-corrected chi connectivity index (χ4v) is 1.56. The van der Waals surface area contributed by atoms with Crippen molar-refractivity contribution >= 4 is 23.3 Å². The molecule has 80 valence electrons. The summed E-state index contributed by atoms with van der Waals surface area (Å²) in [4.78, 5) is 15.8. The number of nitrogens with one attached hydrogen (secondary N) is 1. The van der Waals surface area contributed by atoms with Crippen molar-refractivity contribution in [3.8, 4) is 0 Å². The molecule has 1 aromatic heterocycles. The molecule has 1 aliphatic carbocycles. The lowest BCUT2D eigenvalue weighted by atomic mass is 10.1. The minimum atomic E-state index is -0.374. The van der Waals surface area contributed by atoms with Crippen molar-refractivity contribution in [3.05, 3.63) is 23.4 Å². The van der Waals surface area contributed by atoms with Gasteiger partial charge in [0.05, 0.1) is 10.4 Å². The van der Waals surface area contributed by atoms with E-state index >= 15 is 0 Å². The number of amides is 1. The highest BCUT2D eigenvalue weighted by Crippen LogP contribution is 2.45. The molecule has 4 nitrogen and oxygen atoms in total. The number of hydrogen-bond donors (Lipinski definition) is 2. The van der Waals surface area contributed by atoms with Gasteiger partial charge < -0.3 is 11.1 Å². The normalized spacial score (nSPS) is 17.2. The van der Waals surface area contributed by atoms with Crippen molar-refractivity contribution in [1.29, 1.82) is 0 Å². The lowest BCUT2D eigenvalue weighted by Crippen LogP contribution is -2.31. The number of nitrogens with two attached hydrogens (primary N) is 1. The van der Waals surface area contributed by atoms with E-state index < -0.39 is 0 Å². The van der Waals surface area contributed by atoms with Gasteiger partial charge in [0, 0.05) is 12.7 Å². The lowest BCUT2D eigenvalue weighted by molar-refractivity contribution is -0.120. The van der Waals surface area contributed by atoms with Crippen LogP contribution in [0.25, 0.3) is 0 Å². The van der Waals surface area contributed by atoms with Crippen LogP contribution in [0.2, 0.25) is 5.02 Å². The minimum Gasteiger partial charge on any atom is -0.329 e. The van der Waals surface area contributed by atoms with E-state index in [0.717, 1.165) is 12.8 Å². The quantitative estimate of drug-likeness (QED) is 0.818. The van der Waals surface area contributed by atoms with Crippen LogP contribution in [0.1, 0.15) is 12.8 Å². The second-order valence-electron chi connectivity index (χ2n) is 3.77. The first-order chi connectivity index (χ1) is 7.18. The second-order valence-corrected chi connectivity index (χ2v) is 4.18. The molecule has 1 saturated carbocycles. The van der Waals surface area contributed by atoms with Gasteiger partial charge in [0.2, 0.25) is 5.91 Å². The Bertz CT molecular complexity index is 390. The number of hydrogen-bond acceptors (Lipinski definition) is 3. The average molecular weight is 226 g/mol. The van der Waals surface area contributed by atoms with E-state index in [4.69, 9.17) is 17.3 Å². The van der Waals surface area contributed by atoms with E-state index in [9.17, 15) is 4.79 Å². The maximum absolute atomic E-state index is 11.8. The summed E-state index contributed by atoms with van der Waals surface area (Å²) in [6.07, 6.45) is 3.28. The molecule has 2 rings (SSSR count). The van der Waals surface area contributed by atoms with E-state index in [1.54, 1.807) is 18.3 Å². The van der Waals surface area contributed by atoms with Crippen LogP contribution >= 0.6 is 11.6 Å². The highest BCUT2D eigenvalue weighted by molar-refractivity contribution is 6.33. The Kier molecular flexibility index (Phi) is 2.63. The Hall–Kier alpha value is -1.13. The van der Waals surface area contributed by atoms with Gasteiger partial charge in [-0.3, -0.25) is 4.79 Å². The molecule has 0 radical (unpaired) electrons. The first kappa shape index (κ1) is 10.4. The van der Waals surface area contributed by atoms with Gasteiger partial charge in [-0.25, -0.2) is 4.98 Å². The molecule has 5 heteroatoms. The topological polar surface area (TPSA) is 68.0 Å². The van der Waals surface area contributed by atoms with E-state index in [2.05, 4.69) is 10.3 Å². The summed E-state index contributed by atoms with van der Waals surface area (Å²) in [5.74, 6) is 0.328. The first-order valence-electron chi connectivity index (χ1n) is 4.80. The largest absolute Gasteiger partial charge is 0.329 e. The van der Waals surface area contributed by atoms with Crippen molar-refractivity contribution in [2.45, 2.75) is 12.8 Å². The van der Waals surface area contributed by atoms with E-state index in [0.29, 0.717) is 17.4 Å². The van der Waals surface area contributed by atoms with Gasteiger partial charge in [0.15, 0.2) is 5.82 Å². The van der Waals surface area contributed by atoms with Crippen LogP contribution in [0.5, 0.6) is 0 Å². The third-order valence-corrected chi connectivity index (χ3v) is 3.02. The number of pyridine rings is 1. The molecule has 0 unspecified atom stereocenters. The molecular formula is C10H12ClN3O. The Morgan fingerprint density at radius 2 is 2.40 bits per heavy atom. The average Bonchev–Trinajstić information content (AvgIpc) is 3.02. The van der Waals surface area contributed by atoms with E-state index in [-0.39, 0.29) is 11.3 Å². The van der Waals surface area contributed by atoms with Gasteiger partial charge >= 0.3 is 0 Å². The third-order valence-electron chi connectivity index (χ3n) is 2.72. The molecule has 15 heavy (non-hydrogen) atoms. The highest BCUT2D eigenvalue weighted by atomic mass is 35.5. The summed E-state index contributed by atoms with van der Waals surface area (Å²) in [6.45, 7) is 0.378. The van der Waals surface area contributed by atoms with Crippen LogP contribution in [0.4, 0.5) is 5.82 Å². The summed E-state index contributed by atoms with van der Waals surface area (Å²) >= 11 is 5.87. The third kappa shape index (κ3) is 1.96. The van der Waals surface area contributed by atoms with Gasteiger partial charge in [-0.15, -0.1) is 0 Å². The van der Waals surface area contributed by atoms with Crippen LogP contribution in [0.3, 0.4) is 0 Å². The molecule has 1 heterocycles. The number of rotatable bonds is 3. The van der Waals surface area contributed by atoms with Crippen LogP contribution in [-0.2, 0) is 4.79 Å². The molecule has 1 aliphatic rings. The Morgan fingerprint density at radius 3 is 2.93 bits per heavy atom. The van der Waals surface area contributed by atoms with Gasteiger partial charge in [-0.05, 0) is 25.0 Å². The number of halogens is 1. The fraction of sp³-hybridized carbons (Fsp3) is 0.400. The maximum Gasteiger partial charge on any atom is 0.233 e. The van der Waals surface area contributed by atoms with E-state index in [1.807, 2.05) is 0 Å². The van der Waals surface area contributed by atoms with Gasteiger partial charge in [0.25, 0.3) is 0 Å². The van der Waals surface area contributed by atoms with Crippen molar-refractivity contribution in [2.75, 3.05) is 11.9 Å². The molecule has 1 fully saturated rings. The number of anilines is 1. The van der Waals surface area contributed by atoms with Crippen molar-refractivity contribution < 1.29 is 4.79 Å². The highest BCUT2D eigenvalue weighted by Gasteiger charge is 2.48. The summed E-state index contributed by atoms with van der Waals surface area (Å²) in [5.41, 5.74) is 5.17. The molecule has 0 aromatic carbocycles. The molecule has 1 aromatic rings. The van der Waals surface area contributed by atoms with Crippen molar-refractivity contribution in [2.24, 2.45) is 11.1 Å². The molecule has 1 amide bonds. The molecule has 0 saturated heterocycles. The summed E-state index contributed by atoms with van der Waals surface area (Å²) in [6, 6.07) is 3.40. The lowest BCUT2D eigenvalue weighted by Gasteiger charge is -2.12. The van der Waals surface area contributed by atoms with Crippen molar-refractivity contribution in [3.63, 3.8) is 0 Å². The Morgan fingerprint density at radius 1 is 1.67 bits per heavy atom. The Labute approximate surface area is 92.8 Å². The molecule has 0 aliphatic heterocycles. The maximum atomic E-state index is 11.8. The van der Waals surface area contributed by atoms with Crippen LogP contribution < -0.4 is 11.1 Å². The molecule has 3 N–H and O–H groups in total. The summed E-state index contributed by atoms with van der Waals surface area (Å²) < 4.78 is 0.